The third-order valence-electron chi connectivity index (χ3n) is 4.78. The monoisotopic (exact) mass is 430 g/mol. The molecule has 0 aliphatic carbocycles. The number of amides is 2. The molecule has 1 aliphatic heterocycles. The van der Waals surface area contributed by atoms with Crippen molar-refractivity contribution in [1.29, 1.82) is 0 Å². The van der Waals surface area contributed by atoms with Gasteiger partial charge in [-0.3, -0.25) is 9.48 Å². The molecular weight excluding hydrogens is 400 g/mol. The van der Waals surface area contributed by atoms with Crippen LogP contribution in [0.5, 0.6) is 11.5 Å². The molecule has 1 aliphatic rings. The number of methoxy groups -OCH3 is 1. The number of nitrogens with zero attached hydrogens (tertiary/aromatic N) is 3. The van der Waals surface area contributed by atoms with Gasteiger partial charge < -0.3 is 24.4 Å². The molecule has 31 heavy (non-hydrogen) atoms. The van der Waals surface area contributed by atoms with Crippen LogP contribution in [0.15, 0.2) is 24.3 Å². The van der Waals surface area contributed by atoms with E-state index in [1.807, 2.05) is 45.0 Å². The Bertz CT molecular complexity index is 931. The third kappa shape index (κ3) is 5.68. The normalized spacial score (nSPS) is 13.4. The van der Waals surface area contributed by atoms with Crippen LogP contribution >= 0.6 is 0 Å². The fourth-order valence-electron chi connectivity index (χ4n) is 3.36. The molecule has 9 nitrogen and oxygen atoms in total. The molecule has 2 aromatic rings. The van der Waals surface area contributed by atoms with E-state index in [-0.39, 0.29) is 12.0 Å². The lowest BCUT2D eigenvalue weighted by molar-refractivity contribution is 0.0222. The summed E-state index contributed by atoms with van der Waals surface area (Å²) in [5, 5.41) is 7.33. The number of ether oxygens (including phenoxy) is 3. The first-order chi connectivity index (χ1) is 14.7. The van der Waals surface area contributed by atoms with E-state index >= 15 is 0 Å². The molecule has 0 saturated heterocycles. The van der Waals surface area contributed by atoms with Crippen molar-refractivity contribution < 1.29 is 23.8 Å². The van der Waals surface area contributed by atoms with Gasteiger partial charge in [0.05, 0.1) is 25.9 Å². The number of aromatic nitrogens is 2. The van der Waals surface area contributed by atoms with Gasteiger partial charge in [-0.25, -0.2) is 4.79 Å². The SMILES string of the molecule is COc1ccc(OCCNC(=O)c2c3c(nn2C)CCN(C(=O)OC(C)(C)C)C3)cc1. The first-order valence-electron chi connectivity index (χ1n) is 10.3. The smallest absolute Gasteiger partial charge is 0.410 e. The van der Waals surface area contributed by atoms with Gasteiger partial charge in [-0.2, -0.15) is 5.10 Å². The summed E-state index contributed by atoms with van der Waals surface area (Å²) in [4.78, 5) is 26.9. The van der Waals surface area contributed by atoms with E-state index in [2.05, 4.69) is 10.4 Å². The molecule has 168 valence electrons. The number of aryl methyl sites for hydroxylation is 1. The van der Waals surface area contributed by atoms with E-state index in [0.29, 0.717) is 44.1 Å². The summed E-state index contributed by atoms with van der Waals surface area (Å²) in [6.07, 6.45) is 0.192. The summed E-state index contributed by atoms with van der Waals surface area (Å²) in [5.74, 6) is 1.20. The molecule has 1 aromatic heterocycles. The standard InChI is InChI=1S/C22H30N4O5/c1-22(2,3)31-21(28)26-12-10-18-17(14-26)19(25(4)24-18)20(27)23-11-13-30-16-8-6-15(29-5)7-9-16/h6-9H,10-14H2,1-5H3,(H,23,27). The van der Waals surface area contributed by atoms with Gasteiger partial charge in [0.2, 0.25) is 0 Å². The Balaban J connectivity index is 1.58. The molecule has 9 heteroatoms. The fraction of sp³-hybridized carbons (Fsp3) is 0.500. The maximum Gasteiger partial charge on any atom is 0.410 e. The Morgan fingerprint density at radius 2 is 1.84 bits per heavy atom. The van der Waals surface area contributed by atoms with Gasteiger partial charge in [0.1, 0.15) is 29.4 Å². The number of benzene rings is 1. The molecule has 2 heterocycles. The van der Waals surface area contributed by atoms with Crippen LogP contribution in [0.2, 0.25) is 0 Å². The second-order valence-electron chi connectivity index (χ2n) is 8.33. The molecule has 2 amide bonds. The van der Waals surface area contributed by atoms with Crippen LogP contribution in [-0.4, -0.2) is 59.1 Å². The lowest BCUT2D eigenvalue weighted by atomic mass is 10.1. The minimum atomic E-state index is -0.573. The summed E-state index contributed by atoms with van der Waals surface area (Å²) in [5.41, 5.74) is 1.47. The lowest BCUT2D eigenvalue weighted by Gasteiger charge is -2.29. The maximum absolute atomic E-state index is 12.8. The number of rotatable bonds is 6. The molecule has 0 saturated carbocycles. The molecule has 0 spiro atoms. The van der Waals surface area contributed by atoms with E-state index in [0.717, 1.165) is 17.0 Å². The van der Waals surface area contributed by atoms with Gasteiger partial charge in [-0.15, -0.1) is 0 Å². The predicted molar refractivity (Wildman–Crippen MR) is 114 cm³/mol. The first-order valence-corrected chi connectivity index (χ1v) is 10.3. The highest BCUT2D eigenvalue weighted by atomic mass is 16.6. The zero-order chi connectivity index (χ0) is 22.6. The van der Waals surface area contributed by atoms with Crippen LogP contribution in [0.1, 0.15) is 42.5 Å². The molecule has 3 rings (SSSR count). The van der Waals surface area contributed by atoms with Crippen LogP contribution < -0.4 is 14.8 Å². The lowest BCUT2D eigenvalue weighted by Crippen LogP contribution is -2.40. The van der Waals surface area contributed by atoms with E-state index in [1.54, 1.807) is 23.7 Å². The van der Waals surface area contributed by atoms with Crippen molar-refractivity contribution in [3.63, 3.8) is 0 Å². The predicted octanol–water partition coefficient (Wildman–Crippen LogP) is 2.53. The minimum absolute atomic E-state index is 0.249. The molecule has 0 atom stereocenters. The fourth-order valence-corrected chi connectivity index (χ4v) is 3.36. The second-order valence-corrected chi connectivity index (χ2v) is 8.33. The number of nitrogens with one attached hydrogen (secondary N) is 1. The van der Waals surface area contributed by atoms with Gasteiger partial charge in [0.15, 0.2) is 0 Å². The largest absolute Gasteiger partial charge is 0.497 e. The van der Waals surface area contributed by atoms with Crippen molar-refractivity contribution in [2.75, 3.05) is 26.8 Å². The van der Waals surface area contributed by atoms with Crippen molar-refractivity contribution in [2.24, 2.45) is 7.05 Å². The van der Waals surface area contributed by atoms with Gasteiger partial charge >= 0.3 is 6.09 Å². The molecule has 1 N–H and O–H groups in total. The number of carbonyl (C=O) groups excluding carboxylic acids is 2. The summed E-state index contributed by atoms with van der Waals surface area (Å²) in [7, 11) is 3.34. The molecule has 0 unspecified atom stereocenters. The van der Waals surface area contributed by atoms with Crippen molar-refractivity contribution in [3.05, 3.63) is 41.2 Å². The van der Waals surface area contributed by atoms with E-state index < -0.39 is 5.60 Å². The second kappa shape index (κ2) is 9.28. The third-order valence-corrected chi connectivity index (χ3v) is 4.78. The van der Waals surface area contributed by atoms with E-state index in [4.69, 9.17) is 14.2 Å². The Morgan fingerprint density at radius 3 is 2.48 bits per heavy atom. The molecule has 0 radical (unpaired) electrons. The molecule has 1 aromatic carbocycles. The highest BCUT2D eigenvalue weighted by molar-refractivity contribution is 5.94. The van der Waals surface area contributed by atoms with Gasteiger partial charge in [0.25, 0.3) is 5.91 Å². The van der Waals surface area contributed by atoms with E-state index in [1.165, 1.54) is 0 Å². The van der Waals surface area contributed by atoms with E-state index in [9.17, 15) is 9.59 Å². The Hall–Kier alpha value is -3.23. The highest BCUT2D eigenvalue weighted by Crippen LogP contribution is 2.23. The molecular formula is C22H30N4O5. The summed E-state index contributed by atoms with van der Waals surface area (Å²) in [6, 6.07) is 7.24. The zero-order valence-corrected chi connectivity index (χ0v) is 18.7. The van der Waals surface area contributed by atoms with Crippen LogP contribution in [0, 0.1) is 0 Å². The topological polar surface area (TPSA) is 94.9 Å². The van der Waals surface area contributed by atoms with Crippen LogP contribution in [0.25, 0.3) is 0 Å². The number of carbonyl (C=O) groups is 2. The Kier molecular flexibility index (Phi) is 6.72. The first kappa shape index (κ1) is 22.5. The van der Waals surface area contributed by atoms with Crippen molar-refractivity contribution >= 4 is 12.0 Å². The van der Waals surface area contributed by atoms with Crippen LogP contribution in [0.4, 0.5) is 4.79 Å². The van der Waals surface area contributed by atoms with Gasteiger partial charge in [-0.1, -0.05) is 0 Å². The summed E-state index contributed by atoms with van der Waals surface area (Å²) in [6.45, 7) is 6.95. The highest BCUT2D eigenvalue weighted by Gasteiger charge is 2.31. The average Bonchev–Trinajstić information content (AvgIpc) is 3.05. The summed E-state index contributed by atoms with van der Waals surface area (Å²) < 4.78 is 17.8. The summed E-state index contributed by atoms with van der Waals surface area (Å²) >= 11 is 0. The maximum atomic E-state index is 12.8. The van der Waals surface area contributed by atoms with Crippen LogP contribution in [0.3, 0.4) is 0 Å². The molecule has 0 bridgehead atoms. The Labute approximate surface area is 182 Å². The zero-order valence-electron chi connectivity index (χ0n) is 18.7. The number of hydrogen-bond acceptors (Lipinski definition) is 6. The average molecular weight is 431 g/mol. The van der Waals surface area contributed by atoms with Crippen molar-refractivity contribution in [1.82, 2.24) is 20.0 Å². The van der Waals surface area contributed by atoms with Crippen molar-refractivity contribution in [2.45, 2.75) is 39.3 Å². The number of hydrogen-bond donors (Lipinski definition) is 1. The Morgan fingerprint density at radius 1 is 1.16 bits per heavy atom. The quantitative estimate of drug-likeness (QED) is 0.708. The minimum Gasteiger partial charge on any atom is -0.497 e. The van der Waals surface area contributed by atoms with Crippen molar-refractivity contribution in [3.8, 4) is 11.5 Å². The van der Waals surface area contributed by atoms with Gasteiger partial charge in [-0.05, 0) is 45.0 Å². The van der Waals surface area contributed by atoms with Gasteiger partial charge in [0, 0.05) is 25.6 Å². The number of fused-ring (bicyclic) bond motifs is 1. The molecule has 0 fully saturated rings. The van der Waals surface area contributed by atoms with Crippen LogP contribution in [-0.2, 0) is 24.8 Å².